The van der Waals surface area contributed by atoms with E-state index in [1.807, 2.05) is 0 Å². The molecule has 1 atom stereocenters. The highest BCUT2D eigenvalue weighted by Crippen LogP contribution is 2.25. The second-order valence-corrected chi connectivity index (χ2v) is 4.84. The SMILES string of the molecule is O=C(COc1ccc(F)cc1Cl)N1CCC[C@H]1CO. The normalized spacial score (nSPS) is 18.7. The van der Waals surface area contributed by atoms with Gasteiger partial charge in [0.2, 0.25) is 0 Å². The molecule has 1 aliphatic heterocycles. The highest BCUT2D eigenvalue weighted by atomic mass is 35.5. The molecule has 1 aliphatic rings. The van der Waals surface area contributed by atoms with Crippen LogP contribution in [0.15, 0.2) is 18.2 Å². The van der Waals surface area contributed by atoms with Crippen molar-refractivity contribution in [3.63, 3.8) is 0 Å². The van der Waals surface area contributed by atoms with Crippen LogP contribution in [0.2, 0.25) is 5.02 Å². The van der Waals surface area contributed by atoms with Crippen molar-refractivity contribution in [2.24, 2.45) is 0 Å². The molecule has 0 bridgehead atoms. The van der Waals surface area contributed by atoms with Crippen molar-refractivity contribution >= 4 is 17.5 Å². The van der Waals surface area contributed by atoms with Gasteiger partial charge < -0.3 is 14.7 Å². The molecule has 1 heterocycles. The van der Waals surface area contributed by atoms with Gasteiger partial charge in [-0.1, -0.05) is 11.6 Å². The molecule has 6 heteroatoms. The fraction of sp³-hybridized carbons (Fsp3) is 0.462. The maximum absolute atomic E-state index is 12.8. The van der Waals surface area contributed by atoms with Crippen LogP contribution in [0, 0.1) is 5.82 Å². The Morgan fingerprint density at radius 2 is 2.37 bits per heavy atom. The zero-order valence-corrected chi connectivity index (χ0v) is 11.1. The Hall–Kier alpha value is -1.33. The fourth-order valence-electron chi connectivity index (χ4n) is 2.17. The zero-order chi connectivity index (χ0) is 13.8. The van der Waals surface area contributed by atoms with Crippen molar-refractivity contribution in [2.75, 3.05) is 19.8 Å². The Kier molecular flexibility index (Phi) is 4.61. The van der Waals surface area contributed by atoms with E-state index in [1.165, 1.54) is 12.1 Å². The van der Waals surface area contributed by atoms with Crippen molar-refractivity contribution < 1.29 is 19.0 Å². The lowest BCUT2D eigenvalue weighted by Gasteiger charge is -2.23. The van der Waals surface area contributed by atoms with E-state index in [-0.39, 0.29) is 35.9 Å². The molecule has 1 fully saturated rings. The minimum Gasteiger partial charge on any atom is -0.482 e. The van der Waals surface area contributed by atoms with Gasteiger partial charge >= 0.3 is 0 Å². The average molecular weight is 288 g/mol. The van der Waals surface area contributed by atoms with E-state index in [0.29, 0.717) is 6.54 Å². The third-order valence-corrected chi connectivity index (χ3v) is 3.45. The van der Waals surface area contributed by atoms with E-state index in [9.17, 15) is 9.18 Å². The minimum absolute atomic E-state index is 0.0386. The summed E-state index contributed by atoms with van der Waals surface area (Å²) in [7, 11) is 0. The van der Waals surface area contributed by atoms with Gasteiger partial charge in [-0.2, -0.15) is 0 Å². The van der Waals surface area contributed by atoms with Crippen LogP contribution in [-0.2, 0) is 4.79 Å². The first kappa shape index (κ1) is 14.1. The maximum atomic E-state index is 12.8. The lowest BCUT2D eigenvalue weighted by Crippen LogP contribution is -2.40. The average Bonchev–Trinajstić information content (AvgIpc) is 2.85. The molecule has 1 aromatic rings. The third-order valence-electron chi connectivity index (χ3n) is 3.15. The monoisotopic (exact) mass is 287 g/mol. The van der Waals surface area contributed by atoms with Crippen LogP contribution in [-0.4, -0.2) is 41.7 Å². The Morgan fingerprint density at radius 1 is 1.58 bits per heavy atom. The van der Waals surface area contributed by atoms with Crippen molar-refractivity contribution in [3.05, 3.63) is 29.0 Å². The molecule has 0 spiro atoms. The largest absolute Gasteiger partial charge is 0.482 e. The second kappa shape index (κ2) is 6.21. The first-order valence-corrected chi connectivity index (χ1v) is 6.48. The molecule has 0 unspecified atom stereocenters. The van der Waals surface area contributed by atoms with Crippen LogP contribution >= 0.6 is 11.6 Å². The predicted octanol–water partition coefficient (Wildman–Crippen LogP) is 1.84. The first-order chi connectivity index (χ1) is 9.11. The quantitative estimate of drug-likeness (QED) is 0.919. The molecule has 0 radical (unpaired) electrons. The number of rotatable bonds is 4. The van der Waals surface area contributed by atoms with Gasteiger partial charge in [0.25, 0.3) is 5.91 Å². The molecule has 2 rings (SSSR count). The summed E-state index contributed by atoms with van der Waals surface area (Å²) in [4.78, 5) is 13.5. The Labute approximate surface area is 115 Å². The first-order valence-electron chi connectivity index (χ1n) is 6.10. The van der Waals surface area contributed by atoms with E-state index in [1.54, 1.807) is 4.90 Å². The van der Waals surface area contributed by atoms with Crippen LogP contribution in [0.25, 0.3) is 0 Å². The summed E-state index contributed by atoms with van der Waals surface area (Å²) in [6, 6.07) is 3.62. The van der Waals surface area contributed by atoms with Gasteiger partial charge in [-0.25, -0.2) is 4.39 Å². The summed E-state index contributed by atoms with van der Waals surface area (Å²) in [6.45, 7) is 0.426. The highest BCUT2D eigenvalue weighted by molar-refractivity contribution is 6.32. The molecule has 1 saturated heterocycles. The number of hydrogen-bond acceptors (Lipinski definition) is 3. The zero-order valence-electron chi connectivity index (χ0n) is 10.3. The number of aliphatic hydroxyl groups excluding tert-OH is 1. The van der Waals surface area contributed by atoms with Gasteiger partial charge in [-0.05, 0) is 31.0 Å². The number of aliphatic hydroxyl groups is 1. The maximum Gasteiger partial charge on any atom is 0.260 e. The molecule has 19 heavy (non-hydrogen) atoms. The summed E-state index contributed by atoms with van der Waals surface area (Å²) < 4.78 is 18.1. The van der Waals surface area contributed by atoms with Gasteiger partial charge in [-0.15, -0.1) is 0 Å². The lowest BCUT2D eigenvalue weighted by atomic mass is 10.2. The van der Waals surface area contributed by atoms with Crippen LogP contribution in [0.4, 0.5) is 4.39 Å². The smallest absolute Gasteiger partial charge is 0.260 e. The number of carbonyl (C=O) groups excluding carboxylic acids is 1. The van der Waals surface area contributed by atoms with Crippen LogP contribution in [0.5, 0.6) is 5.75 Å². The van der Waals surface area contributed by atoms with Gasteiger partial charge in [-0.3, -0.25) is 4.79 Å². The molecule has 1 N–H and O–H groups in total. The summed E-state index contributed by atoms with van der Waals surface area (Å²) in [6.07, 6.45) is 1.69. The summed E-state index contributed by atoms with van der Waals surface area (Å²) >= 11 is 5.80. The van der Waals surface area contributed by atoms with E-state index in [0.717, 1.165) is 18.9 Å². The Balaban J connectivity index is 1.93. The topological polar surface area (TPSA) is 49.8 Å². The number of carbonyl (C=O) groups is 1. The summed E-state index contributed by atoms with van der Waals surface area (Å²) in [5.74, 6) is -0.378. The molecule has 104 valence electrons. The van der Waals surface area contributed by atoms with Gasteiger partial charge in [0.05, 0.1) is 17.7 Å². The molecule has 0 aromatic heterocycles. The minimum atomic E-state index is -0.455. The summed E-state index contributed by atoms with van der Waals surface area (Å²) in [5, 5.41) is 9.28. The molecule has 0 saturated carbocycles. The number of ether oxygens (including phenoxy) is 1. The lowest BCUT2D eigenvalue weighted by molar-refractivity contribution is -0.134. The number of halogens is 2. The van der Waals surface area contributed by atoms with Gasteiger partial charge in [0.15, 0.2) is 6.61 Å². The van der Waals surface area contributed by atoms with E-state index in [2.05, 4.69) is 0 Å². The molecule has 1 aromatic carbocycles. The van der Waals surface area contributed by atoms with Crippen LogP contribution in [0.1, 0.15) is 12.8 Å². The Morgan fingerprint density at radius 3 is 3.05 bits per heavy atom. The third kappa shape index (κ3) is 3.36. The number of amides is 1. The van der Waals surface area contributed by atoms with Crippen molar-refractivity contribution in [3.8, 4) is 5.75 Å². The second-order valence-electron chi connectivity index (χ2n) is 4.43. The standard InChI is InChI=1S/C13H15ClFNO3/c14-11-6-9(15)3-4-12(11)19-8-13(18)16-5-1-2-10(16)7-17/h3-4,6,10,17H,1-2,5,7-8H2/t10-/m0/s1. The molecule has 1 amide bonds. The van der Waals surface area contributed by atoms with Crippen LogP contribution in [0.3, 0.4) is 0 Å². The summed E-state index contributed by atoms with van der Waals surface area (Å²) in [5.41, 5.74) is 0. The predicted molar refractivity (Wildman–Crippen MR) is 68.7 cm³/mol. The highest BCUT2D eigenvalue weighted by Gasteiger charge is 2.28. The molecule has 0 aliphatic carbocycles. The fourth-order valence-corrected chi connectivity index (χ4v) is 2.39. The van der Waals surface area contributed by atoms with E-state index >= 15 is 0 Å². The number of hydrogen-bond donors (Lipinski definition) is 1. The van der Waals surface area contributed by atoms with Gasteiger partial charge in [0.1, 0.15) is 11.6 Å². The van der Waals surface area contributed by atoms with Gasteiger partial charge in [0, 0.05) is 6.54 Å². The number of nitrogens with zero attached hydrogens (tertiary/aromatic N) is 1. The van der Waals surface area contributed by atoms with E-state index in [4.69, 9.17) is 21.4 Å². The van der Waals surface area contributed by atoms with Crippen molar-refractivity contribution in [2.45, 2.75) is 18.9 Å². The van der Waals surface area contributed by atoms with Crippen molar-refractivity contribution in [1.82, 2.24) is 4.90 Å². The Bertz CT molecular complexity index is 469. The molecular formula is C13H15ClFNO3. The van der Waals surface area contributed by atoms with E-state index < -0.39 is 5.82 Å². The number of likely N-dealkylation sites (tertiary alicyclic amines) is 1. The molecular weight excluding hydrogens is 273 g/mol. The number of benzene rings is 1. The van der Waals surface area contributed by atoms with Crippen molar-refractivity contribution in [1.29, 1.82) is 0 Å². The molecule has 4 nitrogen and oxygen atoms in total. The van der Waals surface area contributed by atoms with Crippen LogP contribution < -0.4 is 4.74 Å².